The fourth-order valence-corrected chi connectivity index (χ4v) is 2.44. The van der Waals surface area contributed by atoms with Crippen LogP contribution in [0.2, 0.25) is 5.02 Å². The second-order valence-corrected chi connectivity index (χ2v) is 5.56. The van der Waals surface area contributed by atoms with Crippen molar-refractivity contribution in [2.24, 2.45) is 0 Å². The maximum Gasteiger partial charge on any atom is 0.145 e. The third-order valence-corrected chi connectivity index (χ3v) is 3.69. The minimum absolute atomic E-state index is 0.0649. The number of para-hydroxylation sites is 2. The molecule has 0 saturated heterocycles. The number of imidazole rings is 1. The van der Waals surface area contributed by atoms with Crippen LogP contribution in [0.1, 0.15) is 25.3 Å². The van der Waals surface area contributed by atoms with Gasteiger partial charge in [0.1, 0.15) is 11.6 Å². The van der Waals surface area contributed by atoms with Crippen LogP contribution in [-0.4, -0.2) is 15.1 Å². The fourth-order valence-electron chi connectivity index (χ4n) is 2.21. The normalized spacial score (nSPS) is 11.4. The van der Waals surface area contributed by atoms with Crippen molar-refractivity contribution in [2.45, 2.75) is 19.8 Å². The van der Waals surface area contributed by atoms with Crippen molar-refractivity contribution in [3.05, 3.63) is 47.0 Å². The van der Waals surface area contributed by atoms with E-state index in [0.717, 1.165) is 16.6 Å². The van der Waals surface area contributed by atoms with Crippen molar-refractivity contribution in [3.63, 3.8) is 0 Å². The minimum atomic E-state index is 0.0649. The summed E-state index contributed by atoms with van der Waals surface area (Å²) in [4.78, 5) is 7.73. The Morgan fingerprint density at radius 3 is 2.65 bits per heavy atom. The average Bonchev–Trinajstić information content (AvgIpc) is 2.84. The number of phenolic OH excluding ortho intramolecular Hbond substituents is 1. The first kappa shape index (κ1) is 13.0. The monoisotopic (exact) mass is 286 g/mol. The molecule has 3 aromatic rings. The molecule has 0 unspecified atom stereocenters. The van der Waals surface area contributed by atoms with E-state index in [2.05, 4.69) is 23.8 Å². The van der Waals surface area contributed by atoms with Gasteiger partial charge in [-0.3, -0.25) is 0 Å². The van der Waals surface area contributed by atoms with Crippen molar-refractivity contribution in [3.8, 4) is 17.1 Å². The molecule has 3 rings (SSSR count). The first-order valence-electron chi connectivity index (χ1n) is 6.54. The zero-order valence-electron chi connectivity index (χ0n) is 11.3. The lowest BCUT2D eigenvalue weighted by molar-refractivity contribution is 0.477. The highest BCUT2D eigenvalue weighted by Gasteiger charge is 2.15. The molecule has 0 amide bonds. The number of aromatic hydroxyl groups is 1. The Morgan fingerprint density at radius 1 is 1.20 bits per heavy atom. The quantitative estimate of drug-likeness (QED) is 0.716. The molecular formula is C16H15ClN2O. The number of nitrogens with one attached hydrogen (secondary N) is 1. The number of hydrogen-bond acceptors (Lipinski definition) is 2. The molecule has 20 heavy (non-hydrogen) atoms. The summed E-state index contributed by atoms with van der Waals surface area (Å²) in [7, 11) is 0. The number of nitrogens with zero attached hydrogens (tertiary/aromatic N) is 1. The van der Waals surface area contributed by atoms with Crippen molar-refractivity contribution in [2.75, 3.05) is 0 Å². The summed E-state index contributed by atoms with van der Waals surface area (Å²) < 4.78 is 0. The largest absolute Gasteiger partial charge is 0.506 e. The van der Waals surface area contributed by atoms with E-state index >= 15 is 0 Å². The molecule has 2 N–H and O–H groups in total. The van der Waals surface area contributed by atoms with Gasteiger partial charge in [-0.05, 0) is 35.7 Å². The summed E-state index contributed by atoms with van der Waals surface area (Å²) in [6.45, 7) is 4.18. The van der Waals surface area contributed by atoms with E-state index in [1.54, 1.807) is 6.07 Å². The minimum Gasteiger partial charge on any atom is -0.506 e. The Kier molecular flexibility index (Phi) is 3.14. The zero-order chi connectivity index (χ0) is 14.3. The highest BCUT2D eigenvalue weighted by Crippen LogP contribution is 2.37. The molecule has 0 aliphatic carbocycles. The molecule has 1 aromatic heterocycles. The molecule has 0 atom stereocenters. The molecule has 0 aliphatic heterocycles. The number of rotatable bonds is 2. The number of aromatic amines is 1. The molecule has 0 radical (unpaired) electrons. The third-order valence-electron chi connectivity index (χ3n) is 3.40. The summed E-state index contributed by atoms with van der Waals surface area (Å²) in [6.07, 6.45) is 0. The lowest BCUT2D eigenvalue weighted by Gasteiger charge is -2.10. The number of fused-ring (bicyclic) bond motifs is 1. The Hall–Kier alpha value is -2.00. The van der Waals surface area contributed by atoms with Gasteiger partial charge in [0.05, 0.1) is 21.6 Å². The Labute approximate surface area is 122 Å². The van der Waals surface area contributed by atoms with Gasteiger partial charge in [0.2, 0.25) is 0 Å². The second kappa shape index (κ2) is 4.84. The Balaban J connectivity index is 2.22. The second-order valence-electron chi connectivity index (χ2n) is 5.16. The molecule has 0 aliphatic rings. The number of benzene rings is 2. The molecule has 4 heteroatoms. The molecule has 0 saturated carbocycles. The van der Waals surface area contributed by atoms with E-state index in [1.807, 2.05) is 30.3 Å². The lowest BCUT2D eigenvalue weighted by atomic mass is 10.00. The molecule has 0 bridgehead atoms. The van der Waals surface area contributed by atoms with E-state index in [1.165, 1.54) is 0 Å². The maximum atomic E-state index is 10.2. The van der Waals surface area contributed by atoms with Crippen LogP contribution < -0.4 is 0 Å². The number of hydrogen-bond donors (Lipinski definition) is 2. The first-order chi connectivity index (χ1) is 9.56. The van der Waals surface area contributed by atoms with Crippen LogP contribution in [0.15, 0.2) is 36.4 Å². The van der Waals surface area contributed by atoms with Crippen LogP contribution in [0.3, 0.4) is 0 Å². The lowest BCUT2D eigenvalue weighted by Crippen LogP contribution is -1.91. The van der Waals surface area contributed by atoms with Crippen molar-refractivity contribution in [1.29, 1.82) is 0 Å². The third kappa shape index (κ3) is 2.14. The Morgan fingerprint density at radius 2 is 1.95 bits per heavy atom. The van der Waals surface area contributed by atoms with Gasteiger partial charge in [0.25, 0.3) is 0 Å². The summed E-state index contributed by atoms with van der Waals surface area (Å²) in [5, 5.41) is 10.5. The first-order valence-corrected chi connectivity index (χ1v) is 6.91. The molecule has 2 aromatic carbocycles. The van der Waals surface area contributed by atoms with Crippen LogP contribution in [0.25, 0.3) is 22.4 Å². The SMILES string of the molecule is CC(C)c1cc(Cl)c(O)c(-c2nc3ccccc3[nH]2)c1. The molecule has 102 valence electrons. The summed E-state index contributed by atoms with van der Waals surface area (Å²) in [6, 6.07) is 11.5. The zero-order valence-corrected chi connectivity index (χ0v) is 12.1. The summed E-state index contributed by atoms with van der Waals surface area (Å²) in [5.41, 5.74) is 3.52. The molecule has 0 fully saturated rings. The molecule has 1 heterocycles. The van der Waals surface area contributed by atoms with Crippen molar-refractivity contribution >= 4 is 22.6 Å². The van der Waals surface area contributed by atoms with E-state index in [4.69, 9.17) is 11.6 Å². The van der Waals surface area contributed by atoms with Crippen LogP contribution in [0.4, 0.5) is 0 Å². The van der Waals surface area contributed by atoms with Gasteiger partial charge in [-0.1, -0.05) is 37.6 Å². The van der Waals surface area contributed by atoms with Gasteiger partial charge in [-0.2, -0.15) is 0 Å². The molecular weight excluding hydrogens is 272 g/mol. The predicted molar refractivity (Wildman–Crippen MR) is 82.3 cm³/mol. The number of aromatic nitrogens is 2. The van der Waals surface area contributed by atoms with Crippen molar-refractivity contribution < 1.29 is 5.11 Å². The smallest absolute Gasteiger partial charge is 0.145 e. The Bertz CT molecular complexity index is 744. The van der Waals surface area contributed by atoms with Crippen LogP contribution in [-0.2, 0) is 0 Å². The maximum absolute atomic E-state index is 10.2. The number of halogens is 1. The van der Waals surface area contributed by atoms with E-state index < -0.39 is 0 Å². The van der Waals surface area contributed by atoms with Crippen LogP contribution >= 0.6 is 11.6 Å². The molecule has 3 nitrogen and oxygen atoms in total. The van der Waals surface area contributed by atoms with Gasteiger partial charge in [0, 0.05) is 0 Å². The van der Waals surface area contributed by atoms with E-state index in [-0.39, 0.29) is 5.75 Å². The number of phenols is 1. The summed E-state index contributed by atoms with van der Waals surface area (Å²) in [5.74, 6) is 1.03. The fraction of sp³-hybridized carbons (Fsp3) is 0.188. The van der Waals surface area contributed by atoms with Gasteiger partial charge in [0.15, 0.2) is 0 Å². The van der Waals surface area contributed by atoms with Gasteiger partial charge >= 0.3 is 0 Å². The van der Waals surface area contributed by atoms with Crippen molar-refractivity contribution in [1.82, 2.24) is 9.97 Å². The summed E-state index contributed by atoms with van der Waals surface area (Å²) >= 11 is 6.12. The van der Waals surface area contributed by atoms with Crippen LogP contribution in [0, 0.1) is 0 Å². The van der Waals surface area contributed by atoms with E-state index in [0.29, 0.717) is 22.3 Å². The van der Waals surface area contributed by atoms with Gasteiger partial charge in [-0.25, -0.2) is 4.98 Å². The highest BCUT2D eigenvalue weighted by atomic mass is 35.5. The van der Waals surface area contributed by atoms with Gasteiger partial charge in [-0.15, -0.1) is 0 Å². The van der Waals surface area contributed by atoms with Crippen LogP contribution in [0.5, 0.6) is 5.75 Å². The predicted octanol–water partition coefficient (Wildman–Crippen LogP) is 4.71. The average molecular weight is 287 g/mol. The van der Waals surface area contributed by atoms with Gasteiger partial charge < -0.3 is 10.1 Å². The highest BCUT2D eigenvalue weighted by molar-refractivity contribution is 6.32. The molecule has 0 spiro atoms. The van der Waals surface area contributed by atoms with E-state index in [9.17, 15) is 5.11 Å². The topological polar surface area (TPSA) is 48.9 Å². The standard InChI is InChI=1S/C16H15ClN2O/c1-9(2)10-7-11(15(20)12(17)8-10)16-18-13-5-3-4-6-14(13)19-16/h3-9,20H,1-2H3,(H,18,19). The number of H-pyrrole nitrogens is 1.